The van der Waals surface area contributed by atoms with Crippen molar-refractivity contribution < 1.29 is 19.1 Å². The summed E-state index contributed by atoms with van der Waals surface area (Å²) in [5, 5.41) is 11.6. The highest BCUT2D eigenvalue weighted by Crippen LogP contribution is 2.19. The van der Waals surface area contributed by atoms with Crippen LogP contribution < -0.4 is 5.32 Å². The molecular formula is C13H19N3O4S. The maximum atomic E-state index is 12.2. The predicted octanol–water partition coefficient (Wildman–Crippen LogP) is 1.34. The van der Waals surface area contributed by atoms with Crippen molar-refractivity contribution in [3.8, 4) is 0 Å². The molecule has 1 saturated heterocycles. The molecule has 1 aliphatic heterocycles. The molecule has 1 aromatic rings. The maximum absolute atomic E-state index is 12.2. The molecule has 1 fully saturated rings. The van der Waals surface area contributed by atoms with Gasteiger partial charge in [0.25, 0.3) is 0 Å². The Morgan fingerprint density at radius 1 is 1.62 bits per heavy atom. The van der Waals surface area contributed by atoms with Gasteiger partial charge >= 0.3 is 12.0 Å². The molecule has 0 aromatic carbocycles. The van der Waals surface area contributed by atoms with Crippen LogP contribution in [0.1, 0.15) is 25.0 Å². The zero-order valence-corrected chi connectivity index (χ0v) is 12.7. The van der Waals surface area contributed by atoms with Gasteiger partial charge in [0.15, 0.2) is 0 Å². The van der Waals surface area contributed by atoms with E-state index in [0.29, 0.717) is 18.2 Å². The van der Waals surface area contributed by atoms with Crippen molar-refractivity contribution in [3.63, 3.8) is 0 Å². The van der Waals surface area contributed by atoms with E-state index in [1.165, 1.54) is 0 Å². The molecule has 8 heteroatoms. The van der Waals surface area contributed by atoms with Crippen LogP contribution in [0.2, 0.25) is 0 Å². The molecule has 7 nitrogen and oxygen atoms in total. The van der Waals surface area contributed by atoms with E-state index in [4.69, 9.17) is 9.52 Å². The molecule has 2 rings (SSSR count). The number of carbonyl (C=O) groups is 2. The minimum Gasteiger partial charge on any atom is -0.481 e. The Hall–Kier alpha value is -1.70. The highest BCUT2D eigenvalue weighted by Gasteiger charge is 2.28. The van der Waals surface area contributed by atoms with E-state index < -0.39 is 5.97 Å². The Morgan fingerprint density at radius 3 is 3.10 bits per heavy atom. The highest BCUT2D eigenvalue weighted by molar-refractivity contribution is 7.99. The number of aryl methyl sites for hydroxylation is 1. The van der Waals surface area contributed by atoms with Crippen molar-refractivity contribution in [2.45, 2.75) is 32.4 Å². The van der Waals surface area contributed by atoms with E-state index in [9.17, 15) is 9.59 Å². The van der Waals surface area contributed by atoms with Gasteiger partial charge < -0.3 is 19.7 Å². The Kier molecular flexibility index (Phi) is 5.49. The van der Waals surface area contributed by atoms with Crippen molar-refractivity contribution in [3.05, 3.63) is 17.8 Å². The minimum atomic E-state index is -0.888. The molecule has 1 unspecified atom stereocenters. The third kappa shape index (κ3) is 4.38. The average Bonchev–Trinajstić information content (AvgIpc) is 2.93. The molecule has 21 heavy (non-hydrogen) atoms. The molecule has 1 aromatic heterocycles. The van der Waals surface area contributed by atoms with Crippen LogP contribution in [-0.4, -0.2) is 51.1 Å². The number of carboxylic acids is 1. The molecule has 0 saturated carbocycles. The molecule has 0 bridgehead atoms. The maximum Gasteiger partial charge on any atom is 0.318 e. The normalized spacial score (nSPS) is 18.5. The number of aromatic nitrogens is 1. The zero-order valence-electron chi connectivity index (χ0n) is 11.9. The van der Waals surface area contributed by atoms with Crippen LogP contribution in [0.4, 0.5) is 4.79 Å². The lowest BCUT2D eigenvalue weighted by atomic mass is 10.2. The second-order valence-electron chi connectivity index (χ2n) is 4.75. The van der Waals surface area contributed by atoms with Gasteiger partial charge in [-0.1, -0.05) is 6.92 Å². The van der Waals surface area contributed by atoms with Gasteiger partial charge in [-0.2, -0.15) is 11.8 Å². The van der Waals surface area contributed by atoms with E-state index in [-0.39, 0.29) is 25.0 Å². The van der Waals surface area contributed by atoms with Gasteiger partial charge in [0, 0.05) is 24.5 Å². The van der Waals surface area contributed by atoms with Gasteiger partial charge in [-0.15, -0.1) is 0 Å². The third-order valence-electron chi connectivity index (χ3n) is 3.24. The molecule has 1 aliphatic rings. The largest absolute Gasteiger partial charge is 0.481 e. The molecule has 1 atom stereocenters. The number of rotatable bonds is 5. The number of thioether (sulfide) groups is 1. The van der Waals surface area contributed by atoms with Gasteiger partial charge in [0.05, 0.1) is 25.2 Å². The summed E-state index contributed by atoms with van der Waals surface area (Å²) in [5.74, 6) is 1.82. The SMILES string of the molecule is CCc1cnc(CNC(=O)N2CCSCC2CC(=O)O)o1. The standard InChI is InChI=1S/C13H19N3O4S/c1-2-10-6-14-11(20-10)7-15-13(19)16-3-4-21-8-9(16)5-12(17)18/h6,9H,2-5,7-8H2,1H3,(H,15,19)(H,17,18). The lowest BCUT2D eigenvalue weighted by Crippen LogP contribution is -2.51. The predicted molar refractivity (Wildman–Crippen MR) is 78.2 cm³/mol. The second kappa shape index (κ2) is 7.35. The number of oxazole rings is 1. The number of nitrogens with zero attached hydrogens (tertiary/aromatic N) is 2. The van der Waals surface area contributed by atoms with Crippen LogP contribution in [0.5, 0.6) is 0 Å². The number of carboxylic acid groups (broad SMARTS) is 1. The van der Waals surface area contributed by atoms with Crippen molar-refractivity contribution in [2.24, 2.45) is 0 Å². The van der Waals surface area contributed by atoms with E-state index in [1.807, 2.05) is 6.92 Å². The third-order valence-corrected chi connectivity index (χ3v) is 4.33. The summed E-state index contributed by atoms with van der Waals surface area (Å²) in [6.45, 7) is 2.73. The molecule has 2 N–H and O–H groups in total. The van der Waals surface area contributed by atoms with E-state index in [0.717, 1.165) is 17.9 Å². The van der Waals surface area contributed by atoms with E-state index >= 15 is 0 Å². The molecule has 0 spiro atoms. The van der Waals surface area contributed by atoms with Gasteiger partial charge in [0.1, 0.15) is 5.76 Å². The molecule has 2 amide bonds. The first kappa shape index (κ1) is 15.7. The van der Waals surface area contributed by atoms with Gasteiger partial charge in [0.2, 0.25) is 5.89 Å². The fourth-order valence-corrected chi connectivity index (χ4v) is 3.20. The highest BCUT2D eigenvalue weighted by atomic mass is 32.2. The lowest BCUT2D eigenvalue weighted by Gasteiger charge is -2.34. The van der Waals surface area contributed by atoms with Crippen molar-refractivity contribution >= 4 is 23.8 Å². The average molecular weight is 313 g/mol. The van der Waals surface area contributed by atoms with Crippen LogP contribution >= 0.6 is 11.8 Å². The number of hydrogen-bond acceptors (Lipinski definition) is 5. The second-order valence-corrected chi connectivity index (χ2v) is 5.90. The van der Waals surface area contributed by atoms with Crippen molar-refractivity contribution in [1.82, 2.24) is 15.2 Å². The first-order valence-electron chi connectivity index (χ1n) is 6.87. The number of aliphatic carboxylic acids is 1. The van der Waals surface area contributed by atoms with Gasteiger partial charge in [-0.05, 0) is 0 Å². The summed E-state index contributed by atoms with van der Waals surface area (Å²) in [6.07, 6.45) is 2.37. The summed E-state index contributed by atoms with van der Waals surface area (Å²) >= 11 is 1.67. The molecule has 0 aliphatic carbocycles. The fourth-order valence-electron chi connectivity index (χ4n) is 2.14. The summed E-state index contributed by atoms with van der Waals surface area (Å²) in [6, 6.07) is -0.533. The number of carbonyl (C=O) groups excluding carboxylic acids is 1. The number of amides is 2. The first-order valence-corrected chi connectivity index (χ1v) is 8.03. The van der Waals surface area contributed by atoms with Crippen LogP contribution in [0.25, 0.3) is 0 Å². The zero-order chi connectivity index (χ0) is 15.2. The molecule has 2 heterocycles. The monoisotopic (exact) mass is 313 g/mol. The van der Waals surface area contributed by atoms with Crippen LogP contribution in [0.15, 0.2) is 10.6 Å². The number of hydrogen-bond donors (Lipinski definition) is 2. The van der Waals surface area contributed by atoms with Gasteiger partial charge in [-0.3, -0.25) is 4.79 Å². The van der Waals surface area contributed by atoms with Crippen molar-refractivity contribution in [2.75, 3.05) is 18.1 Å². The number of nitrogens with one attached hydrogen (secondary N) is 1. The quantitative estimate of drug-likeness (QED) is 0.851. The minimum absolute atomic E-state index is 0.0284. The lowest BCUT2D eigenvalue weighted by molar-refractivity contribution is -0.138. The smallest absolute Gasteiger partial charge is 0.318 e. The van der Waals surface area contributed by atoms with E-state index in [2.05, 4.69) is 10.3 Å². The van der Waals surface area contributed by atoms with Crippen LogP contribution in [0, 0.1) is 0 Å². The molecule has 0 radical (unpaired) electrons. The summed E-state index contributed by atoms with van der Waals surface area (Å²) < 4.78 is 5.42. The van der Waals surface area contributed by atoms with Crippen molar-refractivity contribution in [1.29, 1.82) is 0 Å². The van der Waals surface area contributed by atoms with Crippen LogP contribution in [0.3, 0.4) is 0 Å². The van der Waals surface area contributed by atoms with Gasteiger partial charge in [-0.25, -0.2) is 9.78 Å². The van der Waals surface area contributed by atoms with Crippen LogP contribution in [-0.2, 0) is 17.8 Å². The molecule has 116 valence electrons. The Morgan fingerprint density at radius 2 is 2.43 bits per heavy atom. The number of urea groups is 1. The summed E-state index contributed by atoms with van der Waals surface area (Å²) in [4.78, 5) is 28.7. The molecular weight excluding hydrogens is 294 g/mol. The van der Waals surface area contributed by atoms with E-state index in [1.54, 1.807) is 22.9 Å². The fraction of sp³-hybridized carbons (Fsp3) is 0.615. The Labute approximate surface area is 127 Å². The topological polar surface area (TPSA) is 95.7 Å². The Balaban J connectivity index is 1.89. The first-order chi connectivity index (χ1) is 10.1. The summed E-state index contributed by atoms with van der Waals surface area (Å²) in [5.41, 5.74) is 0. The summed E-state index contributed by atoms with van der Waals surface area (Å²) in [7, 11) is 0. The Bertz CT molecular complexity index is 505.